The van der Waals surface area contributed by atoms with E-state index in [1.807, 2.05) is 0 Å². The summed E-state index contributed by atoms with van der Waals surface area (Å²) >= 11 is 0. The highest BCUT2D eigenvalue weighted by molar-refractivity contribution is 5.90. The van der Waals surface area contributed by atoms with E-state index in [1.54, 1.807) is 6.92 Å². The van der Waals surface area contributed by atoms with Gasteiger partial charge in [0.25, 0.3) is 0 Å². The van der Waals surface area contributed by atoms with Gasteiger partial charge < -0.3 is 15.8 Å². The van der Waals surface area contributed by atoms with Gasteiger partial charge in [-0.15, -0.1) is 0 Å². The molecular weight excluding hydrogens is 396 g/mol. The van der Waals surface area contributed by atoms with Crippen molar-refractivity contribution in [1.29, 1.82) is 0 Å². The van der Waals surface area contributed by atoms with Crippen LogP contribution in [0.1, 0.15) is 32.6 Å². The largest absolute Gasteiger partial charge is 0.480 e. The fourth-order valence-corrected chi connectivity index (χ4v) is 3.48. The van der Waals surface area contributed by atoms with E-state index in [-0.39, 0.29) is 24.8 Å². The van der Waals surface area contributed by atoms with Crippen LogP contribution >= 0.6 is 0 Å². The molecule has 0 spiro atoms. The number of ketones is 1. The molecule has 2 amide bonds. The highest BCUT2D eigenvalue weighted by Crippen LogP contribution is 2.30. The third-order valence-electron chi connectivity index (χ3n) is 5.00. The molecule has 1 heterocycles. The molecule has 1 unspecified atom stereocenters. The smallest absolute Gasteiger partial charge is 0.223 e. The van der Waals surface area contributed by atoms with E-state index in [2.05, 4.69) is 5.32 Å². The minimum absolute atomic E-state index is 0.00408. The summed E-state index contributed by atoms with van der Waals surface area (Å²) in [6.45, 7) is 1.26. The number of Topliss-reactive ketones (excluding diaryl/α,β-unsaturated/α-hetero) is 1. The van der Waals surface area contributed by atoms with Crippen LogP contribution in [0.25, 0.3) is 0 Å². The van der Waals surface area contributed by atoms with E-state index in [4.69, 9.17) is 10.5 Å². The summed E-state index contributed by atoms with van der Waals surface area (Å²) in [4.78, 5) is 36.5. The van der Waals surface area contributed by atoms with E-state index in [0.717, 1.165) is 0 Å². The standard InChI is InChI=1S/C19H22F4N2O4/c1-2-3-10(18(24)27)11(6-9-4-5-25-19(9)28)14(26)8-29-17-15(22)12(20)7-13(21)16(17)23/h7,9-11H,2-6,8H2,1H3,(H2,24,27)(H,25,28)/t9-,10?,11+/m1/s1. The lowest BCUT2D eigenvalue weighted by molar-refractivity contribution is -0.135. The molecule has 0 bridgehead atoms. The molecule has 29 heavy (non-hydrogen) atoms. The van der Waals surface area contributed by atoms with Crippen molar-refractivity contribution in [3.63, 3.8) is 0 Å². The lowest BCUT2D eigenvalue weighted by atomic mass is 9.78. The number of carbonyl (C=O) groups is 3. The summed E-state index contributed by atoms with van der Waals surface area (Å²) in [6, 6.07) is 0.0191. The van der Waals surface area contributed by atoms with Crippen LogP contribution in [0, 0.1) is 41.0 Å². The van der Waals surface area contributed by atoms with E-state index < -0.39 is 65.1 Å². The van der Waals surface area contributed by atoms with Gasteiger partial charge >= 0.3 is 0 Å². The summed E-state index contributed by atoms with van der Waals surface area (Å²) in [7, 11) is 0. The molecule has 10 heteroatoms. The van der Waals surface area contributed by atoms with E-state index >= 15 is 0 Å². The second kappa shape index (κ2) is 9.71. The average molecular weight is 418 g/mol. The molecule has 6 nitrogen and oxygen atoms in total. The number of ether oxygens (including phenoxy) is 1. The molecule has 0 aromatic heterocycles. The Hall–Kier alpha value is -2.65. The number of rotatable bonds is 10. The second-order valence-electron chi connectivity index (χ2n) is 6.97. The van der Waals surface area contributed by atoms with Gasteiger partial charge in [0.1, 0.15) is 6.61 Å². The molecule has 1 aromatic carbocycles. The zero-order valence-electron chi connectivity index (χ0n) is 15.8. The first-order valence-corrected chi connectivity index (χ1v) is 9.22. The Balaban J connectivity index is 2.23. The summed E-state index contributed by atoms with van der Waals surface area (Å²) in [6.07, 6.45) is 1.24. The Morgan fingerprint density at radius 3 is 2.31 bits per heavy atom. The fraction of sp³-hybridized carbons (Fsp3) is 0.526. The first-order chi connectivity index (χ1) is 13.7. The van der Waals surface area contributed by atoms with Crippen LogP contribution in [-0.2, 0) is 14.4 Å². The number of benzene rings is 1. The maximum atomic E-state index is 13.7. The van der Waals surface area contributed by atoms with Gasteiger partial charge in [-0.3, -0.25) is 14.4 Å². The monoisotopic (exact) mass is 418 g/mol. The topological polar surface area (TPSA) is 98.5 Å². The number of nitrogens with two attached hydrogens (primary N) is 1. The van der Waals surface area contributed by atoms with Crippen LogP contribution < -0.4 is 15.8 Å². The molecular formula is C19H22F4N2O4. The minimum atomic E-state index is -1.77. The average Bonchev–Trinajstić information content (AvgIpc) is 3.07. The van der Waals surface area contributed by atoms with E-state index in [9.17, 15) is 31.9 Å². The molecule has 160 valence electrons. The van der Waals surface area contributed by atoms with Crippen LogP contribution in [0.3, 0.4) is 0 Å². The van der Waals surface area contributed by atoms with Crippen molar-refractivity contribution < 1.29 is 36.7 Å². The van der Waals surface area contributed by atoms with Crippen LogP contribution in [0.15, 0.2) is 6.07 Å². The fourth-order valence-electron chi connectivity index (χ4n) is 3.48. The first kappa shape index (κ1) is 22.6. The highest BCUT2D eigenvalue weighted by atomic mass is 19.2. The molecule has 3 atom stereocenters. The normalized spacial score (nSPS) is 18.2. The maximum absolute atomic E-state index is 13.7. The quantitative estimate of drug-likeness (QED) is 0.450. The summed E-state index contributed by atoms with van der Waals surface area (Å²) in [5.41, 5.74) is 5.41. The van der Waals surface area contributed by atoms with Gasteiger partial charge in [0.05, 0.1) is 0 Å². The predicted molar refractivity (Wildman–Crippen MR) is 93.6 cm³/mol. The Morgan fingerprint density at radius 2 is 1.83 bits per heavy atom. The third-order valence-corrected chi connectivity index (χ3v) is 5.00. The Morgan fingerprint density at radius 1 is 1.21 bits per heavy atom. The zero-order valence-corrected chi connectivity index (χ0v) is 15.8. The SMILES string of the molecule is CCCC(C(N)=O)[C@H](C[C@H]1CCNC1=O)C(=O)COc1c(F)c(F)cc(F)c1F. The highest BCUT2D eigenvalue weighted by Gasteiger charge is 2.37. The number of halogens is 4. The van der Waals surface area contributed by atoms with Crippen LogP contribution in [-0.4, -0.2) is 30.7 Å². The molecule has 3 N–H and O–H groups in total. The second-order valence-corrected chi connectivity index (χ2v) is 6.97. The third kappa shape index (κ3) is 5.24. The van der Waals surface area contributed by atoms with Crippen molar-refractivity contribution in [1.82, 2.24) is 5.32 Å². The molecule has 0 aliphatic carbocycles. The molecule has 1 aliphatic heterocycles. The van der Waals surface area contributed by atoms with Crippen LogP contribution in [0.5, 0.6) is 5.75 Å². The molecule has 0 radical (unpaired) electrons. The summed E-state index contributed by atoms with van der Waals surface area (Å²) < 4.78 is 58.8. The summed E-state index contributed by atoms with van der Waals surface area (Å²) in [5, 5.41) is 2.62. The first-order valence-electron chi connectivity index (χ1n) is 9.22. The van der Waals surface area contributed by atoms with Crippen molar-refractivity contribution in [2.45, 2.75) is 32.6 Å². The molecule has 1 aromatic rings. The van der Waals surface area contributed by atoms with Gasteiger partial charge in [0.15, 0.2) is 23.2 Å². The molecule has 1 saturated heterocycles. The van der Waals surface area contributed by atoms with Crippen molar-refractivity contribution in [2.24, 2.45) is 23.5 Å². The number of amides is 2. The van der Waals surface area contributed by atoms with Crippen molar-refractivity contribution in [2.75, 3.05) is 13.2 Å². The number of hydrogen-bond donors (Lipinski definition) is 2. The van der Waals surface area contributed by atoms with E-state index in [0.29, 0.717) is 19.4 Å². The van der Waals surface area contributed by atoms with Crippen molar-refractivity contribution in [3.05, 3.63) is 29.3 Å². The molecule has 1 fully saturated rings. The number of carbonyl (C=O) groups excluding carboxylic acids is 3. The number of nitrogens with one attached hydrogen (secondary N) is 1. The number of primary amides is 1. The Kier molecular flexibility index (Phi) is 7.58. The maximum Gasteiger partial charge on any atom is 0.223 e. The minimum Gasteiger partial charge on any atom is -0.480 e. The van der Waals surface area contributed by atoms with E-state index in [1.165, 1.54) is 0 Å². The van der Waals surface area contributed by atoms with Crippen LogP contribution in [0.2, 0.25) is 0 Å². The lowest BCUT2D eigenvalue weighted by Gasteiger charge is -2.25. The van der Waals surface area contributed by atoms with Gasteiger partial charge in [-0.25, -0.2) is 8.78 Å². The van der Waals surface area contributed by atoms with Crippen molar-refractivity contribution >= 4 is 17.6 Å². The lowest BCUT2D eigenvalue weighted by Crippen LogP contribution is -2.38. The van der Waals surface area contributed by atoms with Gasteiger partial charge in [0, 0.05) is 30.4 Å². The Bertz CT molecular complexity index is 777. The van der Waals surface area contributed by atoms with Gasteiger partial charge in [-0.2, -0.15) is 8.78 Å². The van der Waals surface area contributed by atoms with Crippen molar-refractivity contribution in [3.8, 4) is 5.75 Å². The van der Waals surface area contributed by atoms with Gasteiger partial charge in [-0.05, 0) is 19.3 Å². The Labute approximate surface area is 164 Å². The van der Waals surface area contributed by atoms with Gasteiger partial charge in [-0.1, -0.05) is 13.3 Å². The zero-order chi connectivity index (χ0) is 21.7. The predicted octanol–water partition coefficient (Wildman–Crippen LogP) is 2.23. The van der Waals surface area contributed by atoms with Crippen LogP contribution in [0.4, 0.5) is 17.6 Å². The number of hydrogen-bond acceptors (Lipinski definition) is 4. The van der Waals surface area contributed by atoms with Gasteiger partial charge in [0.2, 0.25) is 23.4 Å². The summed E-state index contributed by atoms with van der Waals surface area (Å²) in [5.74, 6) is -12.5. The molecule has 2 rings (SSSR count). The molecule has 1 aliphatic rings. The molecule has 0 saturated carbocycles.